The van der Waals surface area contributed by atoms with Crippen LogP contribution in [0.5, 0.6) is 0 Å². The van der Waals surface area contributed by atoms with Gasteiger partial charge in [0.1, 0.15) is 0 Å². The van der Waals surface area contributed by atoms with Gasteiger partial charge < -0.3 is 10.0 Å². The van der Waals surface area contributed by atoms with Crippen LogP contribution < -0.4 is 4.90 Å². The van der Waals surface area contributed by atoms with Crippen LogP contribution in [0.3, 0.4) is 0 Å². The van der Waals surface area contributed by atoms with Crippen molar-refractivity contribution in [2.45, 2.75) is 33.2 Å². The van der Waals surface area contributed by atoms with Crippen molar-refractivity contribution in [3.63, 3.8) is 0 Å². The number of hydrogen-bond donors (Lipinski definition) is 1. The molecule has 0 aliphatic carbocycles. The first kappa shape index (κ1) is 14.6. The molecule has 1 aromatic heterocycles. The average Bonchev–Trinajstić information content (AvgIpc) is 2.38. The minimum atomic E-state index is -0.865. The standard InChI is InChI=1S/C14H22N4O2/c1-13(2,3)14(4)10-17(8-9-18(14)12(19)20)11-15-6-5-7-16-11/h5-7H,8-10H2,1-4H3,(H,19,20). The van der Waals surface area contributed by atoms with Gasteiger partial charge in [0.15, 0.2) is 0 Å². The molecule has 0 radical (unpaired) electrons. The molecule has 20 heavy (non-hydrogen) atoms. The maximum Gasteiger partial charge on any atom is 0.407 e. The zero-order valence-electron chi connectivity index (χ0n) is 12.5. The van der Waals surface area contributed by atoms with Crippen molar-refractivity contribution in [3.8, 4) is 0 Å². The van der Waals surface area contributed by atoms with Crippen LogP contribution in [0, 0.1) is 5.41 Å². The lowest BCUT2D eigenvalue weighted by atomic mass is 9.72. The van der Waals surface area contributed by atoms with Crippen LogP contribution in [0.2, 0.25) is 0 Å². The average molecular weight is 278 g/mol. The molecule has 0 aromatic carbocycles. The lowest BCUT2D eigenvalue weighted by molar-refractivity contribution is 0.00708. The Labute approximate surface area is 119 Å². The molecule has 2 heterocycles. The van der Waals surface area contributed by atoms with E-state index in [-0.39, 0.29) is 5.41 Å². The molecule has 0 bridgehead atoms. The number of nitrogens with zero attached hydrogens (tertiary/aromatic N) is 4. The smallest absolute Gasteiger partial charge is 0.407 e. The van der Waals surface area contributed by atoms with Crippen LogP contribution >= 0.6 is 0 Å². The Balaban J connectivity index is 2.32. The maximum atomic E-state index is 11.5. The van der Waals surface area contributed by atoms with Crippen molar-refractivity contribution in [1.82, 2.24) is 14.9 Å². The van der Waals surface area contributed by atoms with Crippen LogP contribution in [-0.2, 0) is 0 Å². The van der Waals surface area contributed by atoms with Crippen molar-refractivity contribution in [1.29, 1.82) is 0 Å². The number of rotatable bonds is 1. The third-order valence-electron chi connectivity index (χ3n) is 4.37. The van der Waals surface area contributed by atoms with Crippen molar-refractivity contribution >= 4 is 12.0 Å². The van der Waals surface area contributed by atoms with Crippen LogP contribution in [0.15, 0.2) is 18.5 Å². The molecule has 1 N–H and O–H groups in total. The van der Waals surface area contributed by atoms with E-state index in [0.29, 0.717) is 25.6 Å². The summed E-state index contributed by atoms with van der Waals surface area (Å²) in [5, 5.41) is 9.47. The van der Waals surface area contributed by atoms with E-state index in [1.807, 2.05) is 6.92 Å². The van der Waals surface area contributed by atoms with Crippen LogP contribution in [0.1, 0.15) is 27.7 Å². The summed E-state index contributed by atoms with van der Waals surface area (Å²) in [6.45, 7) is 9.86. The molecule has 1 fully saturated rings. The van der Waals surface area contributed by atoms with Crippen LogP contribution in [-0.4, -0.2) is 51.2 Å². The third kappa shape index (κ3) is 2.42. The summed E-state index contributed by atoms with van der Waals surface area (Å²) < 4.78 is 0. The Hall–Kier alpha value is -1.85. The molecule has 0 saturated carbocycles. The molecule has 1 amide bonds. The molecule has 0 spiro atoms. The van der Waals surface area contributed by atoms with E-state index in [1.54, 1.807) is 23.4 Å². The summed E-state index contributed by atoms with van der Waals surface area (Å²) >= 11 is 0. The summed E-state index contributed by atoms with van der Waals surface area (Å²) in [6, 6.07) is 1.78. The van der Waals surface area contributed by atoms with E-state index in [2.05, 4.69) is 35.6 Å². The number of aromatic nitrogens is 2. The molecule has 1 saturated heterocycles. The second kappa shape index (κ2) is 4.92. The molecule has 6 heteroatoms. The number of amides is 1. The zero-order chi connectivity index (χ0) is 15.0. The Morgan fingerprint density at radius 1 is 1.30 bits per heavy atom. The first-order valence-electron chi connectivity index (χ1n) is 6.78. The highest BCUT2D eigenvalue weighted by Gasteiger charge is 2.49. The fraction of sp³-hybridized carbons (Fsp3) is 0.643. The molecular formula is C14H22N4O2. The van der Waals surface area contributed by atoms with E-state index in [9.17, 15) is 9.90 Å². The Bertz CT molecular complexity index is 486. The van der Waals surface area contributed by atoms with Gasteiger partial charge in [-0.2, -0.15) is 0 Å². The Morgan fingerprint density at radius 2 is 1.90 bits per heavy atom. The number of carbonyl (C=O) groups is 1. The molecule has 1 atom stereocenters. The van der Waals surface area contributed by atoms with Gasteiger partial charge in [-0.05, 0) is 18.4 Å². The summed E-state index contributed by atoms with van der Waals surface area (Å²) in [5.41, 5.74) is -0.672. The lowest BCUT2D eigenvalue weighted by Gasteiger charge is -2.54. The monoisotopic (exact) mass is 278 g/mol. The van der Waals surface area contributed by atoms with Gasteiger partial charge in [0, 0.05) is 32.0 Å². The lowest BCUT2D eigenvalue weighted by Crippen LogP contribution is -2.67. The topological polar surface area (TPSA) is 69.6 Å². The number of piperazine rings is 1. The Morgan fingerprint density at radius 3 is 2.40 bits per heavy atom. The van der Waals surface area contributed by atoms with Gasteiger partial charge in [0.05, 0.1) is 5.54 Å². The largest absolute Gasteiger partial charge is 0.465 e. The van der Waals surface area contributed by atoms with E-state index in [1.165, 1.54) is 0 Å². The molecule has 110 valence electrons. The number of hydrogen-bond acceptors (Lipinski definition) is 4. The van der Waals surface area contributed by atoms with Gasteiger partial charge in [-0.3, -0.25) is 4.90 Å². The van der Waals surface area contributed by atoms with Gasteiger partial charge in [0.25, 0.3) is 0 Å². The molecule has 1 aromatic rings. The van der Waals surface area contributed by atoms with Crippen molar-refractivity contribution < 1.29 is 9.90 Å². The van der Waals surface area contributed by atoms with E-state index < -0.39 is 11.6 Å². The molecular weight excluding hydrogens is 256 g/mol. The summed E-state index contributed by atoms with van der Waals surface area (Å²) in [5.74, 6) is 0.660. The third-order valence-corrected chi connectivity index (χ3v) is 4.37. The predicted molar refractivity (Wildman–Crippen MR) is 76.8 cm³/mol. The quantitative estimate of drug-likeness (QED) is 0.851. The van der Waals surface area contributed by atoms with Gasteiger partial charge in [-0.25, -0.2) is 14.8 Å². The first-order valence-corrected chi connectivity index (χ1v) is 6.78. The van der Waals surface area contributed by atoms with Gasteiger partial charge in [-0.15, -0.1) is 0 Å². The van der Waals surface area contributed by atoms with E-state index >= 15 is 0 Å². The molecule has 2 rings (SSSR count). The highest BCUT2D eigenvalue weighted by Crippen LogP contribution is 2.38. The predicted octanol–water partition coefficient (Wildman–Crippen LogP) is 2.08. The van der Waals surface area contributed by atoms with Crippen LogP contribution in [0.25, 0.3) is 0 Å². The fourth-order valence-electron chi connectivity index (χ4n) is 2.58. The molecule has 6 nitrogen and oxygen atoms in total. The summed E-state index contributed by atoms with van der Waals surface area (Å²) in [7, 11) is 0. The van der Waals surface area contributed by atoms with Gasteiger partial charge in [-0.1, -0.05) is 20.8 Å². The molecule has 1 aliphatic heterocycles. The Kier molecular flexibility index (Phi) is 3.58. The molecule has 1 unspecified atom stereocenters. The number of anilines is 1. The highest BCUT2D eigenvalue weighted by molar-refractivity contribution is 5.67. The fourth-order valence-corrected chi connectivity index (χ4v) is 2.58. The zero-order valence-corrected chi connectivity index (χ0v) is 12.5. The van der Waals surface area contributed by atoms with Crippen LogP contribution in [0.4, 0.5) is 10.7 Å². The summed E-state index contributed by atoms with van der Waals surface area (Å²) in [4.78, 5) is 23.7. The minimum Gasteiger partial charge on any atom is -0.465 e. The van der Waals surface area contributed by atoms with Gasteiger partial charge >= 0.3 is 6.09 Å². The minimum absolute atomic E-state index is 0.182. The molecule has 1 aliphatic rings. The highest BCUT2D eigenvalue weighted by atomic mass is 16.4. The second-order valence-corrected chi connectivity index (χ2v) is 6.43. The number of carboxylic acid groups (broad SMARTS) is 1. The van der Waals surface area contributed by atoms with Crippen molar-refractivity contribution in [2.75, 3.05) is 24.5 Å². The normalized spacial score (nSPS) is 23.8. The first-order chi connectivity index (χ1) is 9.25. The van der Waals surface area contributed by atoms with Crippen molar-refractivity contribution in [3.05, 3.63) is 18.5 Å². The summed E-state index contributed by atoms with van der Waals surface area (Å²) in [6.07, 6.45) is 2.55. The maximum absolute atomic E-state index is 11.5. The van der Waals surface area contributed by atoms with Gasteiger partial charge in [0.2, 0.25) is 5.95 Å². The van der Waals surface area contributed by atoms with Crippen molar-refractivity contribution in [2.24, 2.45) is 5.41 Å². The van der Waals surface area contributed by atoms with E-state index in [0.717, 1.165) is 0 Å². The second-order valence-electron chi connectivity index (χ2n) is 6.43. The SMILES string of the molecule is CC(C)(C)C1(C)CN(c2ncccn2)CCN1C(=O)O. The van der Waals surface area contributed by atoms with E-state index in [4.69, 9.17) is 0 Å².